The first kappa shape index (κ1) is 34.6. The molecule has 2 heterocycles. The Morgan fingerprint density at radius 3 is 0.640 bits per heavy atom. The summed E-state index contributed by atoms with van der Waals surface area (Å²) in [6.45, 7) is 21.0. The first-order valence-corrected chi connectivity index (χ1v) is 9.16. The Labute approximate surface area is 160 Å². The summed E-state index contributed by atoms with van der Waals surface area (Å²) in [6.07, 6.45) is 7.00. The molecule has 0 saturated heterocycles. The Bertz CT molecular complexity index is 249. The highest BCUT2D eigenvalue weighted by atomic mass is 14.6. The summed E-state index contributed by atoms with van der Waals surface area (Å²) in [4.78, 5) is 7.57. The molecule has 0 aliphatic heterocycles. The van der Waals surface area contributed by atoms with Crippen molar-refractivity contribution in [3.8, 4) is 0 Å². The van der Waals surface area contributed by atoms with E-state index in [0.717, 1.165) is 11.8 Å². The Hall–Kier alpha value is -1.70. The number of aromatic nitrogens is 2. The van der Waals surface area contributed by atoms with E-state index in [1.54, 1.807) is 24.8 Å². The Balaban J connectivity index is -0.0000000669. The van der Waals surface area contributed by atoms with Gasteiger partial charge in [0, 0.05) is 24.8 Å². The second-order valence-electron chi connectivity index (χ2n) is 5.51. The van der Waals surface area contributed by atoms with Crippen LogP contribution in [0.15, 0.2) is 61.2 Å². The van der Waals surface area contributed by atoms with Crippen LogP contribution in [0.1, 0.15) is 76.7 Å². The molecule has 0 aromatic carbocycles. The van der Waals surface area contributed by atoms with E-state index in [1.165, 1.54) is 0 Å². The van der Waals surface area contributed by atoms with Crippen molar-refractivity contribution in [1.29, 1.82) is 0 Å². The molecule has 0 saturated carbocycles. The third-order valence-corrected chi connectivity index (χ3v) is 1.13. The maximum absolute atomic E-state index is 3.78. The lowest BCUT2D eigenvalue weighted by molar-refractivity contribution is 0.736. The molecule has 0 atom stereocenters. The van der Waals surface area contributed by atoms with Gasteiger partial charge < -0.3 is 0 Å². The topological polar surface area (TPSA) is 25.8 Å². The molecule has 0 aliphatic rings. The molecule has 148 valence electrons. The molecule has 0 amide bonds. The van der Waals surface area contributed by atoms with E-state index in [1.807, 2.05) is 64.1 Å². The molecule has 2 rings (SSSR count). The summed E-state index contributed by atoms with van der Waals surface area (Å²) < 4.78 is 0. The van der Waals surface area contributed by atoms with Crippen molar-refractivity contribution in [2.45, 2.75) is 76.7 Å². The van der Waals surface area contributed by atoms with Gasteiger partial charge in [-0.3, -0.25) is 9.97 Å². The van der Waals surface area contributed by atoms with Gasteiger partial charge in [0.1, 0.15) is 0 Å². The van der Waals surface area contributed by atoms with E-state index in [9.17, 15) is 0 Å². The summed E-state index contributed by atoms with van der Waals surface area (Å²) >= 11 is 0. The largest absolute Gasteiger partial charge is 0.265 e. The Morgan fingerprint density at radius 2 is 0.600 bits per heavy atom. The summed E-state index contributed by atoms with van der Waals surface area (Å²) in [5.74, 6) is 1.67. The zero-order chi connectivity index (χ0) is 19.6. The molecule has 0 aliphatic carbocycles. The molecule has 25 heavy (non-hydrogen) atoms. The quantitative estimate of drug-likeness (QED) is 0.478. The van der Waals surface area contributed by atoms with Gasteiger partial charge >= 0.3 is 0 Å². The number of pyridine rings is 2. The second kappa shape index (κ2) is 38.1. The summed E-state index contributed by atoms with van der Waals surface area (Å²) in [6, 6.07) is 11.4. The lowest BCUT2D eigenvalue weighted by atomic mass is 10.3. The van der Waals surface area contributed by atoms with Crippen molar-refractivity contribution in [1.82, 2.24) is 9.97 Å². The van der Waals surface area contributed by atoms with Gasteiger partial charge in [0.25, 0.3) is 0 Å². The fraction of sp³-hybridized carbons (Fsp3) is 0.565. The average Bonchev–Trinajstić information content (AvgIpc) is 2.61. The fourth-order valence-electron chi connectivity index (χ4n) is 0.625. The summed E-state index contributed by atoms with van der Waals surface area (Å²) in [7, 11) is 0. The van der Waals surface area contributed by atoms with Crippen LogP contribution in [0.25, 0.3) is 0 Å². The fourth-order valence-corrected chi connectivity index (χ4v) is 0.625. The predicted molar refractivity (Wildman–Crippen MR) is 119 cm³/mol. The van der Waals surface area contributed by atoms with Gasteiger partial charge in [-0.2, -0.15) is 0 Å². The highest BCUT2D eigenvalue weighted by Gasteiger charge is 1.68. The summed E-state index contributed by atoms with van der Waals surface area (Å²) in [5, 5.41) is 0. The standard InChI is InChI=1S/2C5H5N.2C4H10.2C2H6.CH4/c2*1-2-4-6-5-3-1;2*1-4(2)3;2*1-2;/h2*1-5H;2*4H,1-3H3;2*1-2H3;1H4. The van der Waals surface area contributed by atoms with Gasteiger partial charge in [0.2, 0.25) is 0 Å². The van der Waals surface area contributed by atoms with Crippen LogP contribution < -0.4 is 0 Å². The minimum atomic E-state index is 0. The van der Waals surface area contributed by atoms with Crippen LogP contribution in [0, 0.1) is 11.8 Å². The van der Waals surface area contributed by atoms with Crippen molar-refractivity contribution < 1.29 is 0 Å². The van der Waals surface area contributed by atoms with Crippen molar-refractivity contribution in [2.75, 3.05) is 0 Å². The number of nitrogens with zero attached hydrogens (tertiary/aromatic N) is 2. The van der Waals surface area contributed by atoms with Crippen molar-refractivity contribution in [2.24, 2.45) is 11.8 Å². The molecule has 0 N–H and O–H groups in total. The Morgan fingerprint density at radius 1 is 0.440 bits per heavy atom. The molecule has 0 radical (unpaired) electrons. The monoisotopic (exact) mass is 350 g/mol. The molecule has 2 nitrogen and oxygen atoms in total. The SMILES string of the molecule is C.CC.CC.CC(C)C.CC(C)C.c1ccncc1.c1ccncc1. The minimum absolute atomic E-state index is 0. The maximum atomic E-state index is 3.78. The first-order chi connectivity index (χ1) is 11.5. The van der Waals surface area contributed by atoms with Crippen LogP contribution in [0.4, 0.5) is 0 Å². The van der Waals surface area contributed by atoms with E-state index in [4.69, 9.17) is 0 Å². The summed E-state index contributed by atoms with van der Waals surface area (Å²) in [5.41, 5.74) is 0. The van der Waals surface area contributed by atoms with Crippen molar-refractivity contribution in [3.63, 3.8) is 0 Å². The van der Waals surface area contributed by atoms with E-state index < -0.39 is 0 Å². The van der Waals surface area contributed by atoms with Gasteiger partial charge in [0.05, 0.1) is 0 Å². The van der Waals surface area contributed by atoms with Gasteiger partial charge in [-0.1, -0.05) is 88.8 Å². The smallest absolute Gasteiger partial charge is 0.0267 e. The molecule has 0 unspecified atom stereocenters. The van der Waals surface area contributed by atoms with Crippen molar-refractivity contribution in [3.05, 3.63) is 61.2 Å². The third-order valence-electron chi connectivity index (χ3n) is 1.13. The van der Waals surface area contributed by atoms with Crippen LogP contribution in [0.5, 0.6) is 0 Å². The first-order valence-electron chi connectivity index (χ1n) is 9.16. The maximum Gasteiger partial charge on any atom is 0.0267 e. The molecule has 0 bridgehead atoms. The average molecular weight is 351 g/mol. The number of hydrogen-bond acceptors (Lipinski definition) is 2. The van der Waals surface area contributed by atoms with E-state index in [0.29, 0.717) is 0 Å². The molecule has 2 aromatic rings. The van der Waals surface area contributed by atoms with Crippen LogP contribution in [0.2, 0.25) is 0 Å². The van der Waals surface area contributed by atoms with Gasteiger partial charge in [-0.15, -0.1) is 0 Å². The highest BCUT2D eigenvalue weighted by molar-refractivity contribution is 4.88. The molecule has 2 heteroatoms. The van der Waals surface area contributed by atoms with Crippen LogP contribution in [0.3, 0.4) is 0 Å². The Kier molecular flexibility index (Phi) is 52.7. The predicted octanol–water partition coefficient (Wildman–Crippen LogP) is 8.18. The van der Waals surface area contributed by atoms with Crippen LogP contribution in [-0.4, -0.2) is 9.97 Å². The minimum Gasteiger partial charge on any atom is -0.265 e. The van der Waals surface area contributed by atoms with Crippen molar-refractivity contribution >= 4 is 0 Å². The normalized spacial score (nSPS) is 7.20. The lowest BCUT2D eigenvalue weighted by Crippen LogP contribution is -1.66. The zero-order valence-electron chi connectivity index (χ0n) is 17.8. The number of rotatable bonds is 0. The second-order valence-corrected chi connectivity index (χ2v) is 5.51. The molecular weight excluding hydrogens is 304 g/mol. The third kappa shape index (κ3) is 86.6. The van der Waals surface area contributed by atoms with Gasteiger partial charge in [-0.05, 0) is 36.1 Å². The highest BCUT2D eigenvalue weighted by Crippen LogP contribution is 1.81. The van der Waals surface area contributed by atoms with E-state index in [-0.39, 0.29) is 7.43 Å². The molecule has 0 spiro atoms. The van der Waals surface area contributed by atoms with E-state index in [2.05, 4.69) is 51.5 Å². The number of hydrogen-bond donors (Lipinski definition) is 0. The van der Waals surface area contributed by atoms with Crippen LogP contribution in [-0.2, 0) is 0 Å². The van der Waals surface area contributed by atoms with Crippen LogP contribution >= 0.6 is 0 Å². The molecular formula is C23H46N2. The zero-order valence-corrected chi connectivity index (χ0v) is 17.8. The molecule has 0 fully saturated rings. The van der Waals surface area contributed by atoms with Gasteiger partial charge in [-0.25, -0.2) is 0 Å². The lowest BCUT2D eigenvalue weighted by Gasteiger charge is -1.79. The van der Waals surface area contributed by atoms with Gasteiger partial charge in [0.15, 0.2) is 0 Å². The molecule has 2 aromatic heterocycles. The van der Waals surface area contributed by atoms with E-state index >= 15 is 0 Å².